The van der Waals surface area contributed by atoms with E-state index in [1.54, 1.807) is 0 Å². The van der Waals surface area contributed by atoms with E-state index in [-0.39, 0.29) is 25.2 Å². The van der Waals surface area contributed by atoms with Gasteiger partial charge in [0, 0.05) is 25.2 Å². The number of piperazine rings is 1. The third-order valence-electron chi connectivity index (χ3n) is 3.60. The van der Waals surface area contributed by atoms with Crippen molar-refractivity contribution in [3.8, 4) is 0 Å². The van der Waals surface area contributed by atoms with Crippen molar-refractivity contribution in [3.63, 3.8) is 0 Å². The molecule has 1 fully saturated rings. The molecule has 1 saturated heterocycles. The highest BCUT2D eigenvalue weighted by molar-refractivity contribution is 5.80. The number of amides is 2. The molecule has 6 nitrogen and oxygen atoms in total. The van der Waals surface area contributed by atoms with E-state index < -0.39 is 31.3 Å². The molecule has 2 amide bonds. The Morgan fingerprint density at radius 2 is 1.71 bits per heavy atom. The number of alkyl halides is 3. The van der Waals surface area contributed by atoms with Crippen LogP contribution in [0.25, 0.3) is 0 Å². The molecule has 0 aliphatic carbocycles. The zero-order valence-electron chi connectivity index (χ0n) is 12.2. The van der Waals surface area contributed by atoms with E-state index in [4.69, 9.17) is 5.11 Å². The number of nitrogens with zero attached hydrogens (tertiary/aromatic N) is 3. The van der Waals surface area contributed by atoms with Crippen LogP contribution in [-0.2, 0) is 4.79 Å². The summed E-state index contributed by atoms with van der Waals surface area (Å²) < 4.78 is 37.5. The van der Waals surface area contributed by atoms with E-state index >= 15 is 0 Å². The molecule has 9 heteroatoms. The van der Waals surface area contributed by atoms with Crippen molar-refractivity contribution in [2.45, 2.75) is 32.1 Å². The number of aliphatic carboxylic acids is 1. The van der Waals surface area contributed by atoms with Crippen LogP contribution in [0, 0.1) is 0 Å². The molecular weight excluding hydrogens is 291 g/mol. The molecule has 2 unspecified atom stereocenters. The van der Waals surface area contributed by atoms with Gasteiger partial charge < -0.3 is 14.9 Å². The number of hydrogen-bond donors (Lipinski definition) is 1. The molecule has 0 radical (unpaired) electrons. The zero-order valence-corrected chi connectivity index (χ0v) is 12.2. The second kappa shape index (κ2) is 6.50. The standard InChI is InChI=1S/C12H20F3N3O3/c1-8-4-17(5-9(2)16(8)3)11(21)18(6-10(19)20)7-12(13,14)15/h8-9H,4-7H2,1-3H3,(H,19,20). The van der Waals surface area contributed by atoms with Gasteiger partial charge in [0.15, 0.2) is 0 Å². The van der Waals surface area contributed by atoms with Gasteiger partial charge in [0.1, 0.15) is 13.1 Å². The summed E-state index contributed by atoms with van der Waals surface area (Å²) in [7, 11) is 1.88. The Kier molecular flexibility index (Phi) is 5.43. The molecule has 0 saturated carbocycles. The summed E-state index contributed by atoms with van der Waals surface area (Å²) in [6.07, 6.45) is -4.63. The third-order valence-corrected chi connectivity index (χ3v) is 3.60. The minimum atomic E-state index is -4.63. The topological polar surface area (TPSA) is 64.1 Å². The summed E-state index contributed by atoms with van der Waals surface area (Å²) >= 11 is 0. The maximum absolute atomic E-state index is 12.5. The second-order valence-corrected chi connectivity index (χ2v) is 5.42. The number of hydrogen-bond acceptors (Lipinski definition) is 3. The number of carbonyl (C=O) groups is 2. The van der Waals surface area contributed by atoms with Gasteiger partial charge in [-0.1, -0.05) is 0 Å². The minimum absolute atomic E-state index is 0.00438. The van der Waals surface area contributed by atoms with Crippen molar-refractivity contribution >= 4 is 12.0 Å². The average molecular weight is 311 g/mol. The molecule has 1 aliphatic heterocycles. The molecule has 1 heterocycles. The largest absolute Gasteiger partial charge is 0.480 e. The molecule has 0 bridgehead atoms. The SMILES string of the molecule is CC1CN(C(=O)N(CC(=O)O)CC(F)(F)F)CC(C)N1C. The van der Waals surface area contributed by atoms with Crippen molar-refractivity contribution in [1.82, 2.24) is 14.7 Å². The van der Waals surface area contributed by atoms with Crippen molar-refractivity contribution in [2.24, 2.45) is 0 Å². The number of carbonyl (C=O) groups excluding carboxylic acids is 1. The van der Waals surface area contributed by atoms with Crippen LogP contribution in [0.3, 0.4) is 0 Å². The normalized spacial score (nSPS) is 24.0. The van der Waals surface area contributed by atoms with Crippen LogP contribution < -0.4 is 0 Å². The maximum atomic E-state index is 12.5. The van der Waals surface area contributed by atoms with Crippen LogP contribution in [0.5, 0.6) is 0 Å². The van der Waals surface area contributed by atoms with Gasteiger partial charge in [0.25, 0.3) is 0 Å². The van der Waals surface area contributed by atoms with Crippen LogP contribution >= 0.6 is 0 Å². The predicted octanol–water partition coefficient (Wildman–Crippen LogP) is 1.08. The minimum Gasteiger partial charge on any atom is -0.480 e. The first-order valence-corrected chi connectivity index (χ1v) is 6.55. The van der Waals surface area contributed by atoms with E-state index in [0.717, 1.165) is 0 Å². The first kappa shape index (κ1) is 17.5. The summed E-state index contributed by atoms with van der Waals surface area (Å²) in [5.74, 6) is -1.47. The smallest absolute Gasteiger partial charge is 0.406 e. The highest BCUT2D eigenvalue weighted by Crippen LogP contribution is 2.19. The lowest BCUT2D eigenvalue weighted by molar-refractivity contribution is -0.150. The lowest BCUT2D eigenvalue weighted by atomic mass is 10.1. The first-order valence-electron chi connectivity index (χ1n) is 6.55. The van der Waals surface area contributed by atoms with E-state index in [0.29, 0.717) is 4.90 Å². The Balaban J connectivity index is 2.82. The molecule has 122 valence electrons. The molecule has 2 atom stereocenters. The summed E-state index contributed by atoms with van der Waals surface area (Å²) in [6, 6.07) is -0.896. The van der Waals surface area contributed by atoms with E-state index in [1.165, 1.54) is 4.90 Å². The van der Waals surface area contributed by atoms with E-state index in [2.05, 4.69) is 0 Å². The number of carboxylic acid groups (broad SMARTS) is 1. The van der Waals surface area contributed by atoms with Crippen molar-refractivity contribution < 1.29 is 27.9 Å². The summed E-state index contributed by atoms with van der Waals surface area (Å²) in [5, 5.41) is 8.69. The fourth-order valence-electron chi connectivity index (χ4n) is 2.33. The van der Waals surface area contributed by atoms with Gasteiger partial charge in [-0.2, -0.15) is 13.2 Å². The van der Waals surface area contributed by atoms with Gasteiger partial charge in [-0.3, -0.25) is 9.69 Å². The molecule has 21 heavy (non-hydrogen) atoms. The van der Waals surface area contributed by atoms with Crippen LogP contribution in [-0.4, -0.2) is 83.3 Å². The van der Waals surface area contributed by atoms with Gasteiger partial charge in [0.05, 0.1) is 0 Å². The highest BCUT2D eigenvalue weighted by atomic mass is 19.4. The van der Waals surface area contributed by atoms with Crippen LogP contribution in [0.1, 0.15) is 13.8 Å². The fourth-order valence-corrected chi connectivity index (χ4v) is 2.33. The molecule has 0 spiro atoms. The summed E-state index contributed by atoms with van der Waals surface area (Å²) in [5.41, 5.74) is 0. The lowest BCUT2D eigenvalue weighted by Crippen LogP contribution is -2.60. The molecule has 0 aromatic rings. The van der Waals surface area contributed by atoms with Gasteiger partial charge in [-0.25, -0.2) is 4.79 Å². The van der Waals surface area contributed by atoms with Crippen LogP contribution in [0.2, 0.25) is 0 Å². The van der Waals surface area contributed by atoms with Gasteiger partial charge in [-0.05, 0) is 20.9 Å². The predicted molar refractivity (Wildman–Crippen MR) is 68.9 cm³/mol. The van der Waals surface area contributed by atoms with Crippen LogP contribution in [0.15, 0.2) is 0 Å². The summed E-state index contributed by atoms with van der Waals surface area (Å²) in [6.45, 7) is 1.74. The van der Waals surface area contributed by atoms with Crippen molar-refractivity contribution in [2.75, 3.05) is 33.2 Å². The number of halogens is 3. The number of carboxylic acids is 1. The van der Waals surface area contributed by atoms with Gasteiger partial charge in [0.2, 0.25) is 0 Å². The Bertz CT molecular complexity index is 391. The Morgan fingerprint density at radius 3 is 2.10 bits per heavy atom. The molecule has 0 aromatic carbocycles. The fraction of sp³-hybridized carbons (Fsp3) is 0.833. The van der Waals surface area contributed by atoms with Crippen LogP contribution in [0.4, 0.5) is 18.0 Å². The quantitative estimate of drug-likeness (QED) is 0.847. The zero-order chi connectivity index (χ0) is 16.4. The third kappa shape index (κ3) is 5.07. The number of likely N-dealkylation sites (N-methyl/N-ethyl adjacent to an activating group) is 1. The lowest BCUT2D eigenvalue weighted by Gasteiger charge is -2.43. The Morgan fingerprint density at radius 1 is 1.24 bits per heavy atom. The molecule has 1 N–H and O–H groups in total. The van der Waals surface area contributed by atoms with Crippen molar-refractivity contribution in [3.05, 3.63) is 0 Å². The maximum Gasteiger partial charge on any atom is 0.406 e. The van der Waals surface area contributed by atoms with E-state index in [9.17, 15) is 22.8 Å². The number of urea groups is 1. The first-order chi connectivity index (χ1) is 9.51. The summed E-state index contributed by atoms with van der Waals surface area (Å²) in [4.78, 5) is 26.5. The second-order valence-electron chi connectivity index (χ2n) is 5.42. The molecule has 1 rings (SSSR count). The van der Waals surface area contributed by atoms with Gasteiger partial charge >= 0.3 is 18.2 Å². The van der Waals surface area contributed by atoms with E-state index in [1.807, 2.05) is 25.8 Å². The Hall–Kier alpha value is -1.51. The monoisotopic (exact) mass is 311 g/mol. The molecular formula is C12H20F3N3O3. The molecule has 1 aliphatic rings. The van der Waals surface area contributed by atoms with Gasteiger partial charge in [-0.15, -0.1) is 0 Å². The van der Waals surface area contributed by atoms with Crippen molar-refractivity contribution in [1.29, 1.82) is 0 Å². The highest BCUT2D eigenvalue weighted by Gasteiger charge is 2.38. The molecule has 0 aromatic heterocycles. The average Bonchev–Trinajstić information content (AvgIpc) is 2.31. The Labute approximate surface area is 121 Å². The number of rotatable bonds is 3.